The number of ether oxygens (including phenoxy) is 1. The minimum absolute atomic E-state index is 0.339. The Morgan fingerprint density at radius 1 is 1.44 bits per heavy atom. The highest BCUT2D eigenvalue weighted by Crippen LogP contribution is 2.25. The van der Waals surface area contributed by atoms with Gasteiger partial charge in [-0.25, -0.2) is 4.39 Å². The molecule has 0 spiro atoms. The van der Waals surface area contributed by atoms with Crippen molar-refractivity contribution in [1.82, 2.24) is 0 Å². The van der Waals surface area contributed by atoms with E-state index in [2.05, 4.69) is 10.1 Å². The van der Waals surface area contributed by atoms with E-state index in [9.17, 15) is 23.7 Å². The highest BCUT2D eigenvalue weighted by molar-refractivity contribution is 5.94. The monoisotopic (exact) mass is 260 g/mol. The van der Waals surface area contributed by atoms with Gasteiger partial charge in [-0.05, 0) is 6.92 Å². The van der Waals surface area contributed by atoms with Crippen LogP contribution < -0.4 is 5.32 Å². The number of halogens is 2. The molecule has 8 heteroatoms. The van der Waals surface area contributed by atoms with E-state index in [1.54, 1.807) is 0 Å². The summed E-state index contributed by atoms with van der Waals surface area (Å²) in [6.45, 7) is 1.41. The third-order valence-electron chi connectivity index (χ3n) is 2.21. The van der Waals surface area contributed by atoms with Crippen LogP contribution in [0.2, 0.25) is 0 Å². The standard InChI is InChI=1S/C10H10F2N2O4/c1-5(18-2)10(15)13-8-4-9(14(16)17)7(12)3-6(8)11/h3-5H,1-2H3,(H,13,15). The SMILES string of the molecule is COC(C)C(=O)Nc1cc([N+](=O)[O-])c(F)cc1F. The molecule has 1 aromatic rings. The molecule has 0 heterocycles. The van der Waals surface area contributed by atoms with Crippen molar-refractivity contribution >= 4 is 17.3 Å². The van der Waals surface area contributed by atoms with Gasteiger partial charge in [-0.15, -0.1) is 0 Å². The summed E-state index contributed by atoms with van der Waals surface area (Å²) < 4.78 is 31.0. The molecule has 0 fully saturated rings. The summed E-state index contributed by atoms with van der Waals surface area (Å²) in [5.74, 6) is -3.11. The lowest BCUT2D eigenvalue weighted by Crippen LogP contribution is -2.27. The molecule has 0 saturated heterocycles. The number of nitro benzene ring substituents is 1. The van der Waals surface area contributed by atoms with Gasteiger partial charge in [-0.2, -0.15) is 4.39 Å². The molecule has 1 unspecified atom stereocenters. The number of carbonyl (C=O) groups is 1. The van der Waals surface area contributed by atoms with E-state index in [0.717, 1.165) is 0 Å². The van der Waals surface area contributed by atoms with Gasteiger partial charge in [-0.3, -0.25) is 14.9 Å². The third kappa shape index (κ3) is 2.98. The molecule has 0 aliphatic rings. The third-order valence-corrected chi connectivity index (χ3v) is 2.21. The topological polar surface area (TPSA) is 81.5 Å². The van der Waals surface area contributed by atoms with E-state index in [4.69, 9.17) is 0 Å². The van der Waals surface area contributed by atoms with Crippen LogP contribution in [0.3, 0.4) is 0 Å². The maximum atomic E-state index is 13.3. The Kier molecular flexibility index (Phi) is 4.27. The van der Waals surface area contributed by atoms with Crippen LogP contribution in [0.4, 0.5) is 20.2 Å². The number of carbonyl (C=O) groups excluding carboxylic acids is 1. The molecule has 0 bridgehead atoms. The van der Waals surface area contributed by atoms with Gasteiger partial charge < -0.3 is 10.1 Å². The van der Waals surface area contributed by atoms with Crippen LogP contribution in [0.25, 0.3) is 0 Å². The van der Waals surface area contributed by atoms with Crippen molar-refractivity contribution in [3.8, 4) is 0 Å². The Hall–Kier alpha value is -2.09. The number of amides is 1. The Labute approximate surface area is 101 Å². The van der Waals surface area contributed by atoms with Crippen LogP contribution in [0, 0.1) is 21.7 Å². The second-order valence-electron chi connectivity index (χ2n) is 3.41. The average molecular weight is 260 g/mol. The first kappa shape index (κ1) is 14.0. The predicted octanol–water partition coefficient (Wildman–Crippen LogP) is 1.85. The first-order valence-electron chi connectivity index (χ1n) is 4.84. The molecule has 1 atom stereocenters. The molecular formula is C10H10F2N2O4. The largest absolute Gasteiger partial charge is 0.372 e. The van der Waals surface area contributed by atoms with E-state index in [-0.39, 0.29) is 0 Å². The summed E-state index contributed by atoms with van der Waals surface area (Å²) >= 11 is 0. The molecule has 0 aliphatic carbocycles. The number of anilines is 1. The van der Waals surface area contributed by atoms with Gasteiger partial charge in [0.05, 0.1) is 10.6 Å². The van der Waals surface area contributed by atoms with Crippen molar-refractivity contribution in [3.05, 3.63) is 33.9 Å². The first-order chi connectivity index (χ1) is 8.36. The van der Waals surface area contributed by atoms with Crippen molar-refractivity contribution in [2.24, 2.45) is 0 Å². The minimum Gasteiger partial charge on any atom is -0.372 e. The van der Waals surface area contributed by atoms with Crippen molar-refractivity contribution in [2.45, 2.75) is 13.0 Å². The van der Waals surface area contributed by atoms with Gasteiger partial charge in [0.25, 0.3) is 5.91 Å². The Bertz CT molecular complexity index is 493. The normalized spacial score (nSPS) is 12.0. The van der Waals surface area contributed by atoms with Crippen LogP contribution in [-0.2, 0) is 9.53 Å². The average Bonchev–Trinajstić information content (AvgIpc) is 2.30. The van der Waals surface area contributed by atoms with E-state index in [0.29, 0.717) is 12.1 Å². The highest BCUT2D eigenvalue weighted by atomic mass is 19.1. The number of hydrogen-bond donors (Lipinski definition) is 1. The molecule has 0 saturated carbocycles. The summed E-state index contributed by atoms with van der Waals surface area (Å²) in [5.41, 5.74) is -1.39. The van der Waals surface area contributed by atoms with Gasteiger partial charge >= 0.3 is 5.69 Å². The summed E-state index contributed by atoms with van der Waals surface area (Å²) in [5, 5.41) is 12.5. The first-order valence-corrected chi connectivity index (χ1v) is 4.84. The zero-order valence-electron chi connectivity index (χ0n) is 9.57. The van der Waals surface area contributed by atoms with Crippen LogP contribution in [0.5, 0.6) is 0 Å². The number of nitrogens with one attached hydrogen (secondary N) is 1. The maximum absolute atomic E-state index is 13.3. The molecule has 1 aromatic carbocycles. The van der Waals surface area contributed by atoms with E-state index in [1.807, 2.05) is 0 Å². The summed E-state index contributed by atoms with van der Waals surface area (Å²) in [7, 11) is 1.27. The van der Waals surface area contributed by atoms with Crippen molar-refractivity contribution < 1.29 is 23.2 Å². The van der Waals surface area contributed by atoms with Crippen molar-refractivity contribution in [2.75, 3.05) is 12.4 Å². The summed E-state index contributed by atoms with van der Waals surface area (Å²) in [6, 6.07) is 0.955. The molecule has 1 amide bonds. The van der Waals surface area contributed by atoms with Crippen LogP contribution in [-0.4, -0.2) is 24.0 Å². The Morgan fingerprint density at radius 3 is 2.56 bits per heavy atom. The second kappa shape index (κ2) is 5.50. The molecule has 1 rings (SSSR count). The smallest absolute Gasteiger partial charge is 0.307 e. The number of benzene rings is 1. The van der Waals surface area contributed by atoms with Crippen molar-refractivity contribution in [3.63, 3.8) is 0 Å². The summed E-state index contributed by atoms with van der Waals surface area (Å²) in [4.78, 5) is 20.9. The fraction of sp³-hybridized carbons (Fsp3) is 0.300. The predicted molar refractivity (Wildman–Crippen MR) is 58.1 cm³/mol. The minimum atomic E-state index is -1.31. The molecule has 0 radical (unpaired) electrons. The number of methoxy groups -OCH3 is 1. The van der Waals surface area contributed by atoms with Gasteiger partial charge in [0, 0.05) is 19.2 Å². The lowest BCUT2D eigenvalue weighted by atomic mass is 10.2. The number of rotatable bonds is 4. The van der Waals surface area contributed by atoms with Crippen molar-refractivity contribution in [1.29, 1.82) is 0 Å². The van der Waals surface area contributed by atoms with Crippen LogP contribution in [0.1, 0.15) is 6.92 Å². The van der Waals surface area contributed by atoms with Gasteiger partial charge in [0.1, 0.15) is 11.9 Å². The van der Waals surface area contributed by atoms with E-state index < -0.39 is 39.9 Å². The Balaban J connectivity index is 3.06. The second-order valence-corrected chi connectivity index (χ2v) is 3.41. The lowest BCUT2D eigenvalue weighted by Gasteiger charge is -2.11. The zero-order valence-corrected chi connectivity index (χ0v) is 9.57. The Morgan fingerprint density at radius 2 is 2.06 bits per heavy atom. The number of nitro groups is 1. The molecule has 98 valence electrons. The molecule has 0 aliphatic heterocycles. The quantitative estimate of drug-likeness (QED) is 0.661. The summed E-state index contributed by atoms with van der Waals surface area (Å²) in [6.07, 6.45) is -0.867. The lowest BCUT2D eigenvalue weighted by molar-refractivity contribution is -0.387. The highest BCUT2D eigenvalue weighted by Gasteiger charge is 2.21. The molecular weight excluding hydrogens is 250 g/mol. The van der Waals surface area contributed by atoms with Gasteiger partial charge in [0.15, 0.2) is 0 Å². The molecule has 1 N–H and O–H groups in total. The number of nitrogens with zero attached hydrogens (tertiary/aromatic N) is 1. The van der Waals surface area contributed by atoms with E-state index >= 15 is 0 Å². The fourth-order valence-corrected chi connectivity index (χ4v) is 1.11. The van der Waals surface area contributed by atoms with Gasteiger partial charge in [0.2, 0.25) is 5.82 Å². The maximum Gasteiger partial charge on any atom is 0.307 e. The zero-order chi connectivity index (χ0) is 13.9. The van der Waals surface area contributed by atoms with E-state index in [1.165, 1.54) is 14.0 Å². The molecule has 0 aromatic heterocycles. The van der Waals surface area contributed by atoms with Crippen LogP contribution in [0.15, 0.2) is 12.1 Å². The van der Waals surface area contributed by atoms with Gasteiger partial charge in [-0.1, -0.05) is 0 Å². The fourth-order valence-electron chi connectivity index (χ4n) is 1.11. The molecule has 18 heavy (non-hydrogen) atoms. The van der Waals surface area contributed by atoms with Crippen LogP contribution >= 0.6 is 0 Å². The number of hydrogen-bond acceptors (Lipinski definition) is 4. The molecule has 6 nitrogen and oxygen atoms in total.